The molecule has 0 spiro atoms. The molecule has 0 radical (unpaired) electrons. The monoisotopic (exact) mass is 1270 g/mol. The first-order chi connectivity index (χ1) is 44.6. The molecule has 8 amide bonds. The zero-order chi connectivity index (χ0) is 64.3. The van der Waals surface area contributed by atoms with Gasteiger partial charge in [0.05, 0.1) is 68.3 Å². The van der Waals surface area contributed by atoms with Crippen LogP contribution in [0.1, 0.15) is 99.4 Å². The maximum Gasteiger partial charge on any atom is 0.410 e. The summed E-state index contributed by atoms with van der Waals surface area (Å²) in [6.07, 6.45) is 2.39. The summed E-state index contributed by atoms with van der Waals surface area (Å²) in [6, 6.07) is 20.5. The number of nitrogens with one attached hydrogen (secondary N) is 5. The second kappa shape index (κ2) is 29.3. The van der Waals surface area contributed by atoms with E-state index in [4.69, 9.17) is 28.1 Å². The van der Waals surface area contributed by atoms with Crippen molar-refractivity contribution in [3.05, 3.63) is 137 Å². The van der Waals surface area contributed by atoms with Gasteiger partial charge in [-0.25, -0.2) is 33.0 Å². The van der Waals surface area contributed by atoms with Crippen molar-refractivity contribution in [1.82, 2.24) is 45.1 Å². The molecule has 3 aromatic heterocycles. The standard InChI is InChI=1S/C63H66F2N12O15/c64-55(65)54-45(70-56(80)46-35-90-59(71-46)40-19-20-67-50(28-40)68-30-37-11-12-37)33-76(73-54)41-15-13-38(14-16-41)31-69-57(81)49-29-42(92-62(85)48-10-5-22-74(48)63(86)91-34-39-6-2-1-3-7-39)32-75(49)52(79)36-89-27-26-88-25-24-87-23-21-66-44-9-4-8-43-53(44)61(84)77(60(43)83)47-17-18-51(78)72-58(47)82/h1-4,6-9,13-16,19-20,28,33,35,37,42,47-49,55,66H,5,10-12,17-18,21-27,29-32,34,36H2,(H,67,68)(H,69,81)(H,70,80)(H,72,78,82)/t42-,47?,48+,49+/m1/s1. The van der Waals surface area contributed by atoms with Crippen LogP contribution in [0.15, 0.2) is 108 Å². The maximum atomic E-state index is 14.4. The van der Waals surface area contributed by atoms with Gasteiger partial charge in [0, 0.05) is 56.5 Å². The van der Waals surface area contributed by atoms with Crippen LogP contribution in [0.5, 0.6) is 0 Å². The molecule has 5 N–H and O–H groups in total. The van der Waals surface area contributed by atoms with Gasteiger partial charge in [0.1, 0.15) is 49.5 Å². The van der Waals surface area contributed by atoms with E-state index in [1.54, 1.807) is 66.9 Å². The number of hydrogen-bond donors (Lipinski definition) is 5. The number of benzene rings is 3. The van der Waals surface area contributed by atoms with E-state index in [0.29, 0.717) is 47.1 Å². The van der Waals surface area contributed by atoms with Crippen LogP contribution in [0.3, 0.4) is 0 Å². The van der Waals surface area contributed by atoms with E-state index in [2.05, 4.69) is 41.7 Å². The minimum Gasteiger partial charge on any atom is -0.459 e. The molecule has 11 rings (SSSR count). The lowest BCUT2D eigenvalue weighted by Gasteiger charge is -2.27. The highest BCUT2D eigenvalue weighted by Crippen LogP contribution is 2.34. The highest BCUT2D eigenvalue weighted by Gasteiger charge is 2.47. The van der Waals surface area contributed by atoms with Crippen molar-refractivity contribution in [3.63, 3.8) is 0 Å². The Kier molecular flexibility index (Phi) is 20.2. The normalized spacial score (nSPS) is 18.7. The van der Waals surface area contributed by atoms with E-state index in [-0.39, 0.29) is 113 Å². The fourth-order valence-electron chi connectivity index (χ4n) is 11.1. The molecule has 3 aromatic carbocycles. The number of ether oxygens (including phenoxy) is 5. The van der Waals surface area contributed by atoms with E-state index in [1.165, 1.54) is 26.7 Å². The van der Waals surface area contributed by atoms with Gasteiger partial charge in [-0.1, -0.05) is 48.5 Å². The summed E-state index contributed by atoms with van der Waals surface area (Å²) in [5.74, 6) is -3.72. The number of fused-ring (bicyclic) bond motifs is 1. The number of amides is 8. The summed E-state index contributed by atoms with van der Waals surface area (Å²) in [4.78, 5) is 131. The maximum absolute atomic E-state index is 14.4. The van der Waals surface area contributed by atoms with Crippen molar-refractivity contribution in [1.29, 1.82) is 0 Å². The topological polar surface area (TPSA) is 326 Å². The molecule has 4 aliphatic heterocycles. The second-order valence-corrected chi connectivity index (χ2v) is 22.4. The van der Waals surface area contributed by atoms with E-state index in [9.17, 15) is 51.9 Å². The van der Waals surface area contributed by atoms with Gasteiger partial charge < -0.3 is 54.3 Å². The molecule has 6 aromatic rings. The van der Waals surface area contributed by atoms with Gasteiger partial charge in [0.15, 0.2) is 11.4 Å². The smallest absolute Gasteiger partial charge is 0.410 e. The molecular weight excluding hydrogens is 1200 g/mol. The summed E-state index contributed by atoms with van der Waals surface area (Å²) in [7, 11) is 0. The Bertz CT molecular complexity index is 3710. The Morgan fingerprint density at radius 2 is 1.58 bits per heavy atom. The third kappa shape index (κ3) is 15.4. The first kappa shape index (κ1) is 63.6. The van der Waals surface area contributed by atoms with Crippen molar-refractivity contribution < 1.29 is 80.0 Å². The van der Waals surface area contributed by atoms with Gasteiger partial charge in [-0.2, -0.15) is 5.10 Å². The number of piperidine rings is 1. The predicted octanol–water partition coefficient (Wildman–Crippen LogP) is 5.43. The van der Waals surface area contributed by atoms with Crippen LogP contribution in [-0.2, 0) is 60.8 Å². The number of carbonyl (C=O) groups excluding carboxylic acids is 9. The van der Waals surface area contributed by atoms with E-state index in [0.717, 1.165) is 36.1 Å². The molecule has 4 fully saturated rings. The van der Waals surface area contributed by atoms with Crippen LogP contribution < -0.4 is 26.6 Å². The average Bonchev–Trinajstić information content (AvgIpc) is 1.64. The van der Waals surface area contributed by atoms with Crippen molar-refractivity contribution in [2.75, 3.05) is 81.8 Å². The number of pyridine rings is 1. The zero-order valence-electron chi connectivity index (χ0n) is 49.7. The number of imide groups is 2. The number of alkyl halides is 2. The van der Waals surface area contributed by atoms with Gasteiger partial charge in [-0.15, -0.1) is 0 Å². The highest BCUT2D eigenvalue weighted by molar-refractivity contribution is 6.25. The molecular formula is C63H66F2N12O15. The molecule has 1 aliphatic carbocycles. The lowest BCUT2D eigenvalue weighted by atomic mass is 10.0. The Balaban J connectivity index is 0.654. The number of rotatable bonds is 28. The molecule has 0 bridgehead atoms. The lowest BCUT2D eigenvalue weighted by Crippen LogP contribution is -2.54. The predicted molar refractivity (Wildman–Crippen MR) is 320 cm³/mol. The van der Waals surface area contributed by atoms with Crippen LogP contribution in [0.4, 0.5) is 30.8 Å². The molecule has 482 valence electrons. The van der Waals surface area contributed by atoms with Gasteiger partial charge in [-0.3, -0.25) is 48.7 Å². The van der Waals surface area contributed by atoms with E-state index >= 15 is 0 Å². The number of nitrogens with zero attached hydrogens (tertiary/aromatic N) is 7. The van der Waals surface area contributed by atoms with Gasteiger partial charge in [0.25, 0.3) is 24.1 Å². The molecule has 92 heavy (non-hydrogen) atoms. The fourth-order valence-corrected chi connectivity index (χ4v) is 11.1. The van der Waals surface area contributed by atoms with Gasteiger partial charge in [-0.05, 0) is 85.5 Å². The number of esters is 1. The molecule has 1 unspecified atom stereocenters. The summed E-state index contributed by atoms with van der Waals surface area (Å²) in [6.45, 7) is 1.23. The lowest BCUT2D eigenvalue weighted by molar-refractivity contribution is -0.154. The van der Waals surface area contributed by atoms with Crippen LogP contribution in [-0.4, -0.2) is 178 Å². The van der Waals surface area contributed by atoms with Crippen molar-refractivity contribution in [3.8, 4) is 17.1 Å². The Morgan fingerprint density at radius 1 is 0.793 bits per heavy atom. The fraction of sp³-hybridized carbons (Fsp3) is 0.397. The van der Waals surface area contributed by atoms with Crippen molar-refractivity contribution in [2.24, 2.45) is 5.92 Å². The first-order valence-electron chi connectivity index (χ1n) is 30.2. The summed E-state index contributed by atoms with van der Waals surface area (Å²) >= 11 is 0. The number of carbonyl (C=O) groups is 9. The summed E-state index contributed by atoms with van der Waals surface area (Å²) in [5.41, 5.74) is 1.80. The quantitative estimate of drug-likeness (QED) is 0.0232. The third-order valence-corrected chi connectivity index (χ3v) is 16.0. The number of halogens is 2. The van der Waals surface area contributed by atoms with Gasteiger partial charge >= 0.3 is 12.1 Å². The minimum absolute atomic E-state index is 0.00257. The van der Waals surface area contributed by atoms with E-state index in [1.807, 2.05) is 18.2 Å². The highest BCUT2D eigenvalue weighted by atomic mass is 19.3. The Labute approximate surface area is 524 Å². The van der Waals surface area contributed by atoms with Crippen molar-refractivity contribution in [2.45, 2.75) is 88.8 Å². The van der Waals surface area contributed by atoms with E-state index < -0.39 is 96.4 Å². The largest absolute Gasteiger partial charge is 0.459 e. The number of hydrogen-bond acceptors (Lipinski definition) is 20. The molecule has 7 heterocycles. The summed E-state index contributed by atoms with van der Waals surface area (Å²) in [5, 5.41) is 17.9. The number of likely N-dealkylation sites (tertiary alicyclic amines) is 2. The van der Waals surface area contributed by atoms with Gasteiger partial charge in [0.2, 0.25) is 29.5 Å². The number of anilines is 3. The van der Waals surface area contributed by atoms with Crippen LogP contribution in [0.25, 0.3) is 17.1 Å². The number of aromatic nitrogens is 4. The molecule has 29 heteroatoms. The Morgan fingerprint density at radius 3 is 2.35 bits per heavy atom. The molecule has 5 aliphatic rings. The van der Waals surface area contributed by atoms with Crippen molar-refractivity contribution >= 4 is 70.6 Å². The molecule has 27 nitrogen and oxygen atoms in total. The molecule has 4 atom stereocenters. The average molecular weight is 1270 g/mol. The third-order valence-electron chi connectivity index (χ3n) is 16.0. The second-order valence-electron chi connectivity index (χ2n) is 22.4. The molecule has 1 saturated carbocycles. The molecule has 3 saturated heterocycles. The Hall–Kier alpha value is -10.0. The summed E-state index contributed by atoms with van der Waals surface area (Å²) < 4.78 is 63.9. The van der Waals surface area contributed by atoms with Crippen LogP contribution in [0, 0.1) is 5.92 Å². The SMILES string of the molecule is O=C1CCC(N2C(=O)c3cccc(NCCOCCOCCOCC(=O)N4C[C@H](OC(=O)[C@@H]5CCCN5C(=O)OCc5ccccc5)C[C@H]4C(=O)NCc4ccc(-n5cc(NC(=O)c6coc(-c7ccnc(NCC8CC8)c7)n6)c(C(F)F)n5)cc4)c3C2=O)C(=O)N1. The number of oxazole rings is 1. The van der Waals surface area contributed by atoms with Crippen LogP contribution >= 0.6 is 0 Å². The minimum atomic E-state index is -3.06. The first-order valence-corrected chi connectivity index (χ1v) is 30.2. The van der Waals surface area contributed by atoms with Crippen LogP contribution in [0.2, 0.25) is 0 Å². The zero-order valence-corrected chi connectivity index (χ0v) is 49.7.